The van der Waals surface area contributed by atoms with Crippen LogP contribution in [0.5, 0.6) is 0 Å². The normalized spacial score (nSPS) is 35.0. The van der Waals surface area contributed by atoms with Crippen LogP contribution in [-0.4, -0.2) is 36.1 Å². The van der Waals surface area contributed by atoms with Gasteiger partial charge in [-0.15, -0.1) is 0 Å². The molecular weight excluding hydrogens is 252 g/mol. The van der Waals surface area contributed by atoms with Crippen LogP contribution in [0.3, 0.4) is 0 Å². The van der Waals surface area contributed by atoms with Gasteiger partial charge in [-0.1, -0.05) is 39.8 Å². The zero-order chi connectivity index (χ0) is 15.0. The minimum atomic E-state index is -0.499. The molecule has 3 atom stereocenters. The summed E-state index contributed by atoms with van der Waals surface area (Å²) < 4.78 is 0. The van der Waals surface area contributed by atoms with Gasteiger partial charge in [-0.05, 0) is 30.6 Å². The van der Waals surface area contributed by atoms with Gasteiger partial charge in [-0.2, -0.15) is 0 Å². The van der Waals surface area contributed by atoms with Crippen molar-refractivity contribution >= 4 is 5.71 Å². The lowest BCUT2D eigenvalue weighted by Crippen LogP contribution is -2.35. The highest BCUT2D eigenvalue weighted by Gasteiger charge is 2.60. The third-order valence-electron chi connectivity index (χ3n) is 5.72. The van der Waals surface area contributed by atoms with Gasteiger partial charge < -0.3 is 15.3 Å². The first kappa shape index (κ1) is 15.8. The first-order valence-corrected chi connectivity index (χ1v) is 7.88. The van der Waals surface area contributed by atoms with E-state index < -0.39 is 6.10 Å². The van der Waals surface area contributed by atoms with Gasteiger partial charge in [0, 0.05) is 18.0 Å². The van der Waals surface area contributed by atoms with Gasteiger partial charge in [-0.25, -0.2) is 0 Å². The van der Waals surface area contributed by atoms with Gasteiger partial charge in [0.15, 0.2) is 0 Å². The van der Waals surface area contributed by atoms with Crippen molar-refractivity contribution in [3.63, 3.8) is 0 Å². The van der Waals surface area contributed by atoms with Crippen LogP contribution in [0, 0.1) is 16.7 Å². The molecule has 0 saturated heterocycles. The summed E-state index contributed by atoms with van der Waals surface area (Å²) in [4.78, 5) is 5.42. The largest absolute Gasteiger partial charge is 0.393 e. The van der Waals surface area contributed by atoms with E-state index in [1.54, 1.807) is 0 Å². The molecular formula is C16H30N2O2. The predicted molar refractivity (Wildman–Crippen MR) is 81.8 cm³/mol. The minimum Gasteiger partial charge on any atom is -0.393 e. The second kappa shape index (κ2) is 5.64. The molecule has 0 radical (unpaired) electrons. The number of nitrogens with zero attached hydrogens (tertiary/aromatic N) is 1. The monoisotopic (exact) mass is 282 g/mol. The van der Waals surface area contributed by atoms with Crippen molar-refractivity contribution < 1.29 is 9.94 Å². The predicted octanol–water partition coefficient (Wildman–Crippen LogP) is 2.56. The standard InChI is InChI=1S/C16H30N2O2/c1-11(2)17-9-13(19)10-20-18-14-8-12-6-7-16(14,5)15(12,3)4/h11-13,17,19H,6-10H2,1-5H3/b18-14+. The molecule has 3 unspecified atom stereocenters. The summed E-state index contributed by atoms with van der Waals surface area (Å²) in [6.45, 7) is 12.0. The Hall–Kier alpha value is -0.610. The lowest BCUT2D eigenvalue weighted by atomic mass is 9.70. The van der Waals surface area contributed by atoms with Gasteiger partial charge in [0.25, 0.3) is 0 Å². The maximum Gasteiger partial charge on any atom is 0.144 e. The molecule has 0 aromatic heterocycles. The van der Waals surface area contributed by atoms with E-state index in [4.69, 9.17) is 4.84 Å². The summed E-state index contributed by atoms with van der Waals surface area (Å²) in [5, 5.41) is 17.4. The van der Waals surface area contributed by atoms with Gasteiger partial charge in [-0.3, -0.25) is 0 Å². The van der Waals surface area contributed by atoms with E-state index in [0.29, 0.717) is 18.0 Å². The number of hydrogen-bond donors (Lipinski definition) is 2. The second-order valence-electron chi connectivity index (χ2n) is 7.54. The third kappa shape index (κ3) is 2.73. The van der Waals surface area contributed by atoms with E-state index in [1.165, 1.54) is 18.6 Å². The molecule has 0 aromatic rings. The Morgan fingerprint density at radius 2 is 2.10 bits per heavy atom. The fraction of sp³-hybridized carbons (Fsp3) is 0.938. The van der Waals surface area contributed by atoms with Crippen LogP contribution in [0.1, 0.15) is 53.9 Å². The Balaban J connectivity index is 1.85. The van der Waals surface area contributed by atoms with E-state index in [2.05, 4.69) is 45.1 Å². The molecule has 0 amide bonds. The zero-order valence-corrected chi connectivity index (χ0v) is 13.6. The van der Waals surface area contributed by atoms with Crippen LogP contribution in [0.4, 0.5) is 0 Å². The number of hydrogen-bond acceptors (Lipinski definition) is 4. The average molecular weight is 282 g/mol. The van der Waals surface area contributed by atoms with Crippen molar-refractivity contribution in [2.75, 3.05) is 13.2 Å². The molecule has 116 valence electrons. The van der Waals surface area contributed by atoms with Crippen LogP contribution < -0.4 is 5.32 Å². The van der Waals surface area contributed by atoms with Crippen molar-refractivity contribution in [1.29, 1.82) is 0 Å². The van der Waals surface area contributed by atoms with Crippen LogP contribution in [-0.2, 0) is 4.84 Å². The SMILES string of the molecule is CC(C)NCC(O)CO/N=C1\CC2CCC1(C)C2(C)C. The molecule has 2 N–H and O–H groups in total. The molecule has 2 aliphatic rings. The van der Waals surface area contributed by atoms with E-state index in [0.717, 1.165) is 12.3 Å². The Morgan fingerprint density at radius 1 is 1.40 bits per heavy atom. The number of oxime groups is 1. The van der Waals surface area contributed by atoms with Crippen LogP contribution in [0.15, 0.2) is 5.16 Å². The second-order valence-corrected chi connectivity index (χ2v) is 7.54. The van der Waals surface area contributed by atoms with E-state index >= 15 is 0 Å². The summed E-state index contributed by atoms with van der Waals surface area (Å²) in [6.07, 6.45) is 3.08. The zero-order valence-electron chi connectivity index (χ0n) is 13.6. The first-order chi connectivity index (χ1) is 9.27. The molecule has 2 rings (SSSR count). The van der Waals surface area contributed by atoms with Gasteiger partial charge in [0.1, 0.15) is 12.7 Å². The van der Waals surface area contributed by atoms with Gasteiger partial charge in [0.2, 0.25) is 0 Å². The van der Waals surface area contributed by atoms with Crippen LogP contribution >= 0.6 is 0 Å². The Kier molecular flexibility index (Phi) is 4.45. The van der Waals surface area contributed by atoms with Crippen molar-refractivity contribution in [1.82, 2.24) is 5.32 Å². The van der Waals surface area contributed by atoms with E-state index in [1.807, 2.05) is 0 Å². The van der Waals surface area contributed by atoms with Crippen LogP contribution in [0.2, 0.25) is 0 Å². The summed E-state index contributed by atoms with van der Waals surface area (Å²) in [7, 11) is 0. The summed E-state index contributed by atoms with van der Waals surface area (Å²) >= 11 is 0. The number of fused-ring (bicyclic) bond motifs is 2. The molecule has 0 spiro atoms. The highest BCUT2D eigenvalue weighted by Crippen LogP contribution is 2.63. The minimum absolute atomic E-state index is 0.179. The summed E-state index contributed by atoms with van der Waals surface area (Å²) in [5.74, 6) is 0.738. The molecule has 20 heavy (non-hydrogen) atoms. The van der Waals surface area contributed by atoms with Crippen LogP contribution in [0.25, 0.3) is 0 Å². The highest BCUT2D eigenvalue weighted by atomic mass is 16.6. The third-order valence-corrected chi connectivity index (χ3v) is 5.72. The highest BCUT2D eigenvalue weighted by molar-refractivity contribution is 5.93. The molecule has 2 fully saturated rings. The molecule has 0 aliphatic heterocycles. The van der Waals surface area contributed by atoms with Gasteiger partial charge in [0.05, 0.1) is 5.71 Å². The topological polar surface area (TPSA) is 53.8 Å². The Labute approximate surface area is 123 Å². The maximum absolute atomic E-state index is 9.81. The molecule has 2 aliphatic carbocycles. The van der Waals surface area contributed by atoms with Crippen molar-refractivity contribution in [3.05, 3.63) is 0 Å². The smallest absolute Gasteiger partial charge is 0.144 e. The molecule has 2 bridgehead atoms. The van der Waals surface area contributed by atoms with Crippen molar-refractivity contribution in [2.24, 2.45) is 21.9 Å². The molecule has 4 heteroatoms. The Morgan fingerprint density at radius 3 is 2.60 bits per heavy atom. The maximum atomic E-state index is 9.81. The van der Waals surface area contributed by atoms with E-state index in [9.17, 15) is 5.11 Å². The molecule has 2 saturated carbocycles. The number of aliphatic hydroxyl groups excluding tert-OH is 1. The quantitative estimate of drug-likeness (QED) is 0.736. The number of aliphatic hydroxyl groups is 1. The van der Waals surface area contributed by atoms with Crippen molar-refractivity contribution in [2.45, 2.75) is 66.0 Å². The fourth-order valence-electron chi connectivity index (χ4n) is 3.70. The molecule has 0 aromatic carbocycles. The van der Waals surface area contributed by atoms with Crippen molar-refractivity contribution in [3.8, 4) is 0 Å². The average Bonchev–Trinajstić information content (AvgIpc) is 2.69. The lowest BCUT2D eigenvalue weighted by Gasteiger charge is -2.34. The Bertz CT molecular complexity index is 379. The van der Waals surface area contributed by atoms with Gasteiger partial charge >= 0.3 is 0 Å². The van der Waals surface area contributed by atoms with E-state index in [-0.39, 0.29) is 12.0 Å². The fourth-order valence-corrected chi connectivity index (χ4v) is 3.70. The molecule has 0 heterocycles. The first-order valence-electron chi connectivity index (χ1n) is 7.88. The molecule has 4 nitrogen and oxygen atoms in total. The summed E-state index contributed by atoms with van der Waals surface area (Å²) in [5.41, 5.74) is 1.70. The summed E-state index contributed by atoms with van der Waals surface area (Å²) in [6, 6.07) is 0.376. The number of nitrogens with one attached hydrogen (secondary N) is 1. The number of rotatable bonds is 6. The lowest BCUT2D eigenvalue weighted by molar-refractivity contribution is 0.0374.